The highest BCUT2D eigenvalue weighted by Gasteiger charge is 2.54. The van der Waals surface area contributed by atoms with Crippen molar-refractivity contribution in [3.63, 3.8) is 0 Å². The molecule has 1 rings (SSSR count). The Kier molecular flexibility index (Phi) is 6.23. The van der Waals surface area contributed by atoms with E-state index in [0.717, 1.165) is 7.11 Å². The SMILES string of the molecule is COC(=O)C1(O)C[C@H](O)[C@@H](NC(C)=O)[C@H]([C@H](O)[C@H](O)CN)O1. The molecule has 1 saturated heterocycles. The molecule has 1 fully saturated rings. The van der Waals surface area contributed by atoms with Gasteiger partial charge in [0.1, 0.15) is 12.2 Å². The van der Waals surface area contributed by atoms with Gasteiger partial charge < -0.3 is 41.0 Å². The summed E-state index contributed by atoms with van der Waals surface area (Å²) in [7, 11) is 1.01. The van der Waals surface area contributed by atoms with Crippen LogP contribution in [0, 0.1) is 0 Å². The molecule has 0 aliphatic carbocycles. The molecular weight excluding hydrogens is 300 g/mol. The van der Waals surface area contributed by atoms with E-state index in [1.54, 1.807) is 0 Å². The molecule has 1 unspecified atom stereocenters. The summed E-state index contributed by atoms with van der Waals surface area (Å²) in [6.07, 6.45) is -6.59. The molecule has 22 heavy (non-hydrogen) atoms. The number of nitrogens with two attached hydrogens (primary N) is 1. The first kappa shape index (κ1) is 18.7. The number of hydrogen-bond acceptors (Lipinski definition) is 9. The van der Waals surface area contributed by atoms with Crippen LogP contribution in [0.1, 0.15) is 13.3 Å². The number of aliphatic hydroxyl groups excluding tert-OH is 3. The van der Waals surface area contributed by atoms with E-state index in [4.69, 9.17) is 10.5 Å². The molecule has 1 amide bonds. The first-order valence-corrected chi connectivity index (χ1v) is 6.66. The maximum absolute atomic E-state index is 11.6. The van der Waals surface area contributed by atoms with Crippen molar-refractivity contribution in [2.45, 2.75) is 49.6 Å². The van der Waals surface area contributed by atoms with Gasteiger partial charge in [-0.15, -0.1) is 0 Å². The summed E-state index contributed by atoms with van der Waals surface area (Å²) in [5.74, 6) is -4.22. The van der Waals surface area contributed by atoms with Crippen LogP contribution in [0.3, 0.4) is 0 Å². The molecule has 0 radical (unpaired) electrons. The van der Waals surface area contributed by atoms with Gasteiger partial charge in [0.15, 0.2) is 0 Å². The average molecular weight is 322 g/mol. The molecule has 1 heterocycles. The highest BCUT2D eigenvalue weighted by atomic mass is 16.7. The molecule has 0 aromatic carbocycles. The van der Waals surface area contributed by atoms with Crippen LogP contribution in [0.2, 0.25) is 0 Å². The fourth-order valence-electron chi connectivity index (χ4n) is 2.32. The smallest absolute Gasteiger partial charge is 0.366 e. The summed E-state index contributed by atoms with van der Waals surface area (Å²) < 4.78 is 9.53. The van der Waals surface area contributed by atoms with E-state index >= 15 is 0 Å². The van der Waals surface area contributed by atoms with Crippen LogP contribution >= 0.6 is 0 Å². The van der Waals surface area contributed by atoms with Crippen molar-refractivity contribution in [2.24, 2.45) is 5.73 Å². The van der Waals surface area contributed by atoms with Crippen molar-refractivity contribution < 1.29 is 39.5 Å². The second-order valence-corrected chi connectivity index (χ2v) is 5.15. The molecule has 10 heteroatoms. The highest BCUT2D eigenvalue weighted by Crippen LogP contribution is 2.31. The number of nitrogens with one attached hydrogen (secondary N) is 1. The molecule has 0 spiro atoms. The number of esters is 1. The summed E-state index contributed by atoms with van der Waals surface area (Å²) in [4.78, 5) is 22.8. The largest absolute Gasteiger partial charge is 0.465 e. The van der Waals surface area contributed by atoms with Crippen LogP contribution in [-0.2, 0) is 19.1 Å². The van der Waals surface area contributed by atoms with Crippen molar-refractivity contribution >= 4 is 11.9 Å². The zero-order valence-corrected chi connectivity index (χ0v) is 12.3. The Labute approximate surface area is 126 Å². The first-order valence-electron chi connectivity index (χ1n) is 6.66. The van der Waals surface area contributed by atoms with Crippen LogP contribution in [0.5, 0.6) is 0 Å². The number of carbonyl (C=O) groups is 2. The lowest BCUT2D eigenvalue weighted by molar-refractivity contribution is -0.295. The van der Waals surface area contributed by atoms with Crippen LogP contribution in [-0.4, -0.2) is 82.2 Å². The zero-order chi connectivity index (χ0) is 17.1. The predicted molar refractivity (Wildman–Crippen MR) is 71.1 cm³/mol. The highest BCUT2D eigenvalue weighted by molar-refractivity contribution is 5.78. The summed E-state index contributed by atoms with van der Waals surface area (Å²) in [6.45, 7) is 0.844. The minimum absolute atomic E-state index is 0.333. The third kappa shape index (κ3) is 3.91. The van der Waals surface area contributed by atoms with Gasteiger partial charge >= 0.3 is 5.97 Å². The van der Waals surface area contributed by atoms with Crippen molar-refractivity contribution in [3.8, 4) is 0 Å². The van der Waals surface area contributed by atoms with Crippen molar-refractivity contribution in [1.82, 2.24) is 5.32 Å². The van der Waals surface area contributed by atoms with Gasteiger partial charge in [0, 0.05) is 19.9 Å². The number of ether oxygens (including phenoxy) is 2. The molecule has 10 nitrogen and oxygen atoms in total. The normalized spacial score (nSPS) is 34.6. The van der Waals surface area contributed by atoms with Gasteiger partial charge in [-0.2, -0.15) is 0 Å². The van der Waals surface area contributed by atoms with Crippen LogP contribution < -0.4 is 11.1 Å². The van der Waals surface area contributed by atoms with Gasteiger partial charge in [-0.3, -0.25) is 4.79 Å². The Balaban J connectivity index is 3.09. The van der Waals surface area contributed by atoms with Gasteiger partial charge in [0.2, 0.25) is 5.91 Å². The van der Waals surface area contributed by atoms with E-state index in [9.17, 15) is 30.0 Å². The maximum Gasteiger partial charge on any atom is 0.366 e. The predicted octanol–water partition coefficient (Wildman–Crippen LogP) is -3.82. The lowest BCUT2D eigenvalue weighted by atomic mass is 9.88. The molecule has 6 atom stereocenters. The van der Waals surface area contributed by atoms with Gasteiger partial charge in [-0.05, 0) is 0 Å². The standard InChI is InChI=1S/C12H22N2O8/c1-5(15)14-8-6(16)3-12(20,11(19)21-2)22-10(8)9(18)7(17)4-13/h6-10,16-18,20H,3-4,13H2,1-2H3,(H,14,15)/t6-,7+,8+,9+,10+,12?/m0/s1. The minimum Gasteiger partial charge on any atom is -0.465 e. The molecule has 0 aromatic heterocycles. The Morgan fingerprint density at radius 3 is 2.55 bits per heavy atom. The summed E-state index contributed by atoms with van der Waals surface area (Å²) in [5, 5.41) is 42.3. The van der Waals surface area contributed by atoms with E-state index in [0.29, 0.717) is 0 Å². The molecule has 128 valence electrons. The second kappa shape index (κ2) is 7.31. The molecular formula is C12H22N2O8. The number of carbonyl (C=O) groups excluding carboxylic acids is 2. The lowest BCUT2D eigenvalue weighted by Crippen LogP contribution is -2.67. The van der Waals surface area contributed by atoms with Crippen molar-refractivity contribution in [2.75, 3.05) is 13.7 Å². The number of aliphatic hydroxyl groups is 4. The van der Waals surface area contributed by atoms with Gasteiger partial charge in [-0.25, -0.2) is 4.79 Å². The van der Waals surface area contributed by atoms with E-state index in [1.165, 1.54) is 6.92 Å². The Morgan fingerprint density at radius 1 is 1.50 bits per heavy atom. The molecule has 1 aliphatic rings. The average Bonchev–Trinajstić information content (AvgIpc) is 2.46. The lowest BCUT2D eigenvalue weighted by Gasteiger charge is -2.45. The molecule has 7 N–H and O–H groups in total. The third-order valence-corrected chi connectivity index (χ3v) is 3.43. The van der Waals surface area contributed by atoms with E-state index in [2.05, 4.69) is 10.1 Å². The van der Waals surface area contributed by atoms with Crippen molar-refractivity contribution in [3.05, 3.63) is 0 Å². The van der Waals surface area contributed by atoms with E-state index in [1.807, 2.05) is 0 Å². The summed E-state index contributed by atoms with van der Waals surface area (Å²) >= 11 is 0. The van der Waals surface area contributed by atoms with Crippen LogP contribution in [0.25, 0.3) is 0 Å². The third-order valence-electron chi connectivity index (χ3n) is 3.43. The summed E-state index contributed by atoms with van der Waals surface area (Å²) in [6, 6.07) is -1.15. The monoisotopic (exact) mass is 322 g/mol. The fraction of sp³-hybridized carbons (Fsp3) is 0.833. The topological polar surface area (TPSA) is 172 Å². The van der Waals surface area contributed by atoms with E-state index in [-0.39, 0.29) is 6.54 Å². The molecule has 0 saturated carbocycles. The van der Waals surface area contributed by atoms with Gasteiger partial charge in [0.05, 0.1) is 25.4 Å². The number of methoxy groups -OCH3 is 1. The first-order chi connectivity index (χ1) is 10.2. The Morgan fingerprint density at radius 2 is 2.09 bits per heavy atom. The maximum atomic E-state index is 11.6. The number of hydrogen-bond donors (Lipinski definition) is 6. The molecule has 1 aliphatic heterocycles. The van der Waals surface area contributed by atoms with E-state index < -0.39 is 54.5 Å². The Bertz CT molecular complexity index is 420. The Hall–Kier alpha value is -1.30. The second-order valence-electron chi connectivity index (χ2n) is 5.15. The quantitative estimate of drug-likeness (QED) is 0.277. The zero-order valence-electron chi connectivity index (χ0n) is 12.3. The number of rotatable bonds is 5. The number of amides is 1. The fourth-order valence-corrected chi connectivity index (χ4v) is 2.32. The summed E-state index contributed by atoms with van der Waals surface area (Å²) in [5.41, 5.74) is 5.25. The van der Waals surface area contributed by atoms with Crippen LogP contribution in [0.4, 0.5) is 0 Å². The van der Waals surface area contributed by atoms with Crippen molar-refractivity contribution in [1.29, 1.82) is 0 Å². The minimum atomic E-state index is -2.51. The van der Waals surface area contributed by atoms with Gasteiger partial charge in [-0.1, -0.05) is 0 Å². The van der Waals surface area contributed by atoms with Gasteiger partial charge in [0.25, 0.3) is 5.79 Å². The molecule has 0 aromatic rings. The molecule has 0 bridgehead atoms. The van der Waals surface area contributed by atoms with Crippen LogP contribution in [0.15, 0.2) is 0 Å².